The number of ether oxygens (including phenoxy) is 1. The van der Waals surface area contributed by atoms with Crippen LogP contribution >= 0.6 is 0 Å². The van der Waals surface area contributed by atoms with Crippen molar-refractivity contribution in [1.29, 1.82) is 0 Å². The molecule has 3 rings (SSSR count). The monoisotopic (exact) mass is 382 g/mol. The molecule has 0 radical (unpaired) electrons. The molecule has 1 aromatic carbocycles. The number of rotatable bonds is 7. The Labute approximate surface area is 164 Å². The Kier molecular flexibility index (Phi) is 5.82. The quantitative estimate of drug-likeness (QED) is 0.676. The van der Waals surface area contributed by atoms with E-state index in [0.29, 0.717) is 17.9 Å². The first-order valence-electron chi connectivity index (χ1n) is 9.29. The number of carbonyl (C=O) groups is 1. The Hall–Kier alpha value is -3.09. The van der Waals surface area contributed by atoms with E-state index in [2.05, 4.69) is 21.6 Å². The van der Waals surface area contributed by atoms with Gasteiger partial charge in [-0.15, -0.1) is 0 Å². The molecule has 0 saturated heterocycles. The summed E-state index contributed by atoms with van der Waals surface area (Å²) in [6, 6.07) is 7.82. The van der Waals surface area contributed by atoms with Gasteiger partial charge in [0, 0.05) is 12.2 Å². The Morgan fingerprint density at radius 1 is 1.21 bits per heavy atom. The summed E-state index contributed by atoms with van der Waals surface area (Å²) in [6.07, 6.45) is 1.89. The number of carbonyl (C=O) groups excluding carboxylic acids is 1. The largest absolute Gasteiger partial charge is 0.489 e. The van der Waals surface area contributed by atoms with Crippen molar-refractivity contribution in [2.24, 2.45) is 0 Å². The van der Waals surface area contributed by atoms with Gasteiger partial charge in [-0.05, 0) is 63.9 Å². The smallest absolute Gasteiger partial charge is 0.274 e. The van der Waals surface area contributed by atoms with Crippen LogP contribution in [-0.4, -0.2) is 26.9 Å². The van der Waals surface area contributed by atoms with Crippen LogP contribution in [-0.2, 0) is 13.2 Å². The lowest BCUT2D eigenvalue weighted by molar-refractivity contribution is 0.0924. The summed E-state index contributed by atoms with van der Waals surface area (Å²) in [5, 5.41) is 11.2. The van der Waals surface area contributed by atoms with Gasteiger partial charge in [-0.2, -0.15) is 5.10 Å². The van der Waals surface area contributed by atoms with E-state index in [1.165, 1.54) is 0 Å². The molecule has 2 heterocycles. The number of aromatic nitrogens is 3. The Balaban J connectivity index is 1.66. The van der Waals surface area contributed by atoms with Gasteiger partial charge in [-0.1, -0.05) is 11.2 Å². The molecule has 1 unspecified atom stereocenters. The Morgan fingerprint density at radius 2 is 1.93 bits per heavy atom. The van der Waals surface area contributed by atoms with E-state index < -0.39 is 0 Å². The summed E-state index contributed by atoms with van der Waals surface area (Å²) >= 11 is 0. The van der Waals surface area contributed by atoms with Gasteiger partial charge in [0.25, 0.3) is 5.91 Å². The van der Waals surface area contributed by atoms with Crippen LogP contribution in [0, 0.1) is 27.7 Å². The third kappa shape index (κ3) is 4.79. The van der Waals surface area contributed by atoms with Crippen LogP contribution in [0.2, 0.25) is 0 Å². The van der Waals surface area contributed by atoms with Crippen molar-refractivity contribution in [3.8, 4) is 5.75 Å². The lowest BCUT2D eigenvalue weighted by atomic mass is 10.1. The third-order valence-electron chi connectivity index (χ3n) is 4.39. The minimum atomic E-state index is -0.285. The van der Waals surface area contributed by atoms with Gasteiger partial charge in [0.15, 0.2) is 5.69 Å². The summed E-state index contributed by atoms with van der Waals surface area (Å²) in [6.45, 7) is 10.5. The topological polar surface area (TPSA) is 82.2 Å². The average Bonchev–Trinajstić information content (AvgIpc) is 3.17. The first kappa shape index (κ1) is 19.7. The second-order valence-electron chi connectivity index (χ2n) is 7.23. The molecule has 0 aliphatic carbocycles. The average molecular weight is 382 g/mol. The number of aryl methyl sites for hydroxylation is 4. The number of nitrogens with one attached hydrogen (secondary N) is 1. The van der Waals surface area contributed by atoms with E-state index in [-0.39, 0.29) is 24.2 Å². The molecule has 0 fully saturated rings. The zero-order valence-corrected chi connectivity index (χ0v) is 16.9. The first-order chi connectivity index (χ1) is 13.3. The summed E-state index contributed by atoms with van der Waals surface area (Å²) in [4.78, 5) is 12.7. The summed E-state index contributed by atoms with van der Waals surface area (Å²) < 4.78 is 12.9. The number of benzene rings is 1. The zero-order chi connectivity index (χ0) is 20.3. The molecule has 1 amide bonds. The lowest BCUT2D eigenvalue weighted by Crippen LogP contribution is -2.36. The molecule has 3 aromatic rings. The molecule has 0 spiro atoms. The number of hydrogen-bond acceptors (Lipinski definition) is 5. The van der Waals surface area contributed by atoms with E-state index in [1.807, 2.05) is 52.1 Å². The van der Waals surface area contributed by atoms with E-state index >= 15 is 0 Å². The molecule has 1 atom stereocenters. The highest BCUT2D eigenvalue weighted by Gasteiger charge is 2.22. The third-order valence-corrected chi connectivity index (χ3v) is 4.39. The molecule has 7 nitrogen and oxygen atoms in total. The van der Waals surface area contributed by atoms with Gasteiger partial charge in [-0.3, -0.25) is 9.48 Å². The molecular formula is C21H26N4O3. The standard InChI is InChI=1S/C21H26N4O3/c1-13-8-14(2)10-18(9-13)27-12-19-17(5)28-24-20(19)21(26)22-16(4)11-25-7-6-15(3)23-25/h6-10,16H,11-12H2,1-5H3,(H,22,26). The molecule has 148 valence electrons. The van der Waals surface area contributed by atoms with Crippen molar-refractivity contribution in [3.63, 3.8) is 0 Å². The van der Waals surface area contributed by atoms with E-state index in [0.717, 1.165) is 22.6 Å². The van der Waals surface area contributed by atoms with Crippen LogP contribution in [0.5, 0.6) is 5.75 Å². The molecular weight excluding hydrogens is 356 g/mol. The molecule has 2 aromatic heterocycles. The van der Waals surface area contributed by atoms with Gasteiger partial charge < -0.3 is 14.6 Å². The fraction of sp³-hybridized carbons (Fsp3) is 0.381. The minimum absolute atomic E-state index is 0.114. The van der Waals surface area contributed by atoms with Gasteiger partial charge in [0.1, 0.15) is 18.1 Å². The van der Waals surface area contributed by atoms with Crippen LogP contribution < -0.4 is 10.1 Å². The summed E-state index contributed by atoms with van der Waals surface area (Å²) in [5.41, 5.74) is 4.09. The Bertz CT molecular complexity index is 954. The predicted molar refractivity (Wildman–Crippen MR) is 105 cm³/mol. The second kappa shape index (κ2) is 8.29. The van der Waals surface area contributed by atoms with Crippen LogP contribution in [0.25, 0.3) is 0 Å². The van der Waals surface area contributed by atoms with E-state index in [4.69, 9.17) is 9.26 Å². The number of amides is 1. The van der Waals surface area contributed by atoms with Crippen molar-refractivity contribution in [3.05, 3.63) is 64.3 Å². The zero-order valence-electron chi connectivity index (χ0n) is 16.9. The lowest BCUT2D eigenvalue weighted by Gasteiger charge is -2.14. The fourth-order valence-corrected chi connectivity index (χ4v) is 3.09. The minimum Gasteiger partial charge on any atom is -0.489 e. The summed E-state index contributed by atoms with van der Waals surface area (Å²) in [5.74, 6) is 1.05. The fourth-order valence-electron chi connectivity index (χ4n) is 3.09. The number of hydrogen-bond donors (Lipinski definition) is 1. The highest BCUT2D eigenvalue weighted by Crippen LogP contribution is 2.20. The van der Waals surface area contributed by atoms with Crippen LogP contribution in [0.4, 0.5) is 0 Å². The maximum absolute atomic E-state index is 12.7. The van der Waals surface area contributed by atoms with Crippen molar-refractivity contribution in [2.45, 2.75) is 53.8 Å². The first-order valence-corrected chi connectivity index (χ1v) is 9.29. The number of nitrogens with zero attached hydrogens (tertiary/aromatic N) is 3. The van der Waals surface area contributed by atoms with Crippen LogP contribution in [0.3, 0.4) is 0 Å². The maximum Gasteiger partial charge on any atom is 0.274 e. The van der Waals surface area contributed by atoms with Crippen molar-refractivity contribution >= 4 is 5.91 Å². The highest BCUT2D eigenvalue weighted by molar-refractivity contribution is 5.93. The van der Waals surface area contributed by atoms with Gasteiger partial charge >= 0.3 is 0 Å². The van der Waals surface area contributed by atoms with Crippen molar-refractivity contribution < 1.29 is 14.1 Å². The van der Waals surface area contributed by atoms with Crippen molar-refractivity contribution in [1.82, 2.24) is 20.3 Å². The van der Waals surface area contributed by atoms with Gasteiger partial charge in [0.2, 0.25) is 0 Å². The predicted octanol–water partition coefficient (Wildman–Crippen LogP) is 3.50. The molecule has 1 N–H and O–H groups in total. The van der Waals surface area contributed by atoms with E-state index in [1.54, 1.807) is 11.6 Å². The molecule has 0 aliphatic rings. The van der Waals surface area contributed by atoms with E-state index in [9.17, 15) is 4.79 Å². The molecule has 7 heteroatoms. The molecule has 0 aliphatic heterocycles. The summed E-state index contributed by atoms with van der Waals surface area (Å²) in [7, 11) is 0. The normalized spacial score (nSPS) is 12.0. The Morgan fingerprint density at radius 3 is 2.57 bits per heavy atom. The van der Waals surface area contributed by atoms with Crippen molar-refractivity contribution in [2.75, 3.05) is 0 Å². The highest BCUT2D eigenvalue weighted by atomic mass is 16.5. The maximum atomic E-state index is 12.7. The van der Waals surface area contributed by atoms with Crippen LogP contribution in [0.15, 0.2) is 35.0 Å². The molecule has 0 saturated carbocycles. The SMILES string of the molecule is Cc1cc(C)cc(OCc2c(C(=O)NC(C)Cn3ccc(C)n3)noc2C)c1. The van der Waals surface area contributed by atoms with Gasteiger partial charge in [0.05, 0.1) is 17.8 Å². The second-order valence-corrected chi connectivity index (χ2v) is 7.23. The molecule has 0 bridgehead atoms. The van der Waals surface area contributed by atoms with Gasteiger partial charge in [-0.25, -0.2) is 0 Å². The van der Waals surface area contributed by atoms with Crippen LogP contribution in [0.1, 0.15) is 45.6 Å². The molecule has 28 heavy (non-hydrogen) atoms.